The fourth-order valence-electron chi connectivity index (χ4n) is 7.99. The highest BCUT2D eigenvalue weighted by molar-refractivity contribution is 6.05. The van der Waals surface area contributed by atoms with Gasteiger partial charge in [-0.05, 0) is 42.6 Å². The number of hydrogen-bond acceptors (Lipinski definition) is 5. The van der Waals surface area contributed by atoms with E-state index in [1.54, 1.807) is 0 Å². The quantitative estimate of drug-likeness (QED) is 0.576. The Bertz CT molecular complexity index is 686. The number of hydrogen-bond donors (Lipinski definition) is 3. The number of fused-ring (bicyclic) bond motifs is 2. The van der Waals surface area contributed by atoms with E-state index in [0.29, 0.717) is 12.2 Å². The number of aliphatic hydroxyl groups excluding tert-OH is 2. The van der Waals surface area contributed by atoms with Crippen LogP contribution in [0.3, 0.4) is 0 Å². The first-order valence-electron chi connectivity index (χ1n) is 9.61. The van der Waals surface area contributed by atoms with Crippen LogP contribution >= 0.6 is 0 Å². The van der Waals surface area contributed by atoms with Crippen LogP contribution in [0.25, 0.3) is 0 Å². The van der Waals surface area contributed by atoms with Crippen molar-refractivity contribution in [1.29, 1.82) is 0 Å². The summed E-state index contributed by atoms with van der Waals surface area (Å²) in [5.74, 6) is -2.92. The fraction of sp³-hybridized carbons (Fsp3) is 0.850. The predicted molar refractivity (Wildman–Crippen MR) is 89.3 cm³/mol. The maximum absolute atomic E-state index is 13.3. The molecule has 2 heterocycles. The van der Waals surface area contributed by atoms with Gasteiger partial charge in [0.05, 0.1) is 12.7 Å². The van der Waals surface area contributed by atoms with Crippen molar-refractivity contribution in [2.75, 3.05) is 6.61 Å². The molecule has 138 valence electrons. The molecule has 25 heavy (non-hydrogen) atoms. The van der Waals surface area contributed by atoms with E-state index in [1.807, 2.05) is 0 Å². The number of ether oxygens (including phenoxy) is 1. The Kier molecular flexibility index (Phi) is 2.88. The van der Waals surface area contributed by atoms with E-state index in [9.17, 15) is 20.1 Å². The Morgan fingerprint density at radius 1 is 1.16 bits per heavy atom. The minimum atomic E-state index is -2.02. The number of ketones is 1. The van der Waals surface area contributed by atoms with Crippen molar-refractivity contribution in [1.82, 2.24) is 0 Å². The van der Waals surface area contributed by atoms with Gasteiger partial charge in [0.15, 0.2) is 5.78 Å². The maximum Gasteiger partial charge on any atom is 0.208 e. The highest BCUT2D eigenvalue weighted by atomic mass is 16.6. The van der Waals surface area contributed by atoms with Gasteiger partial charge in [-0.25, -0.2) is 0 Å². The molecule has 8 atom stereocenters. The van der Waals surface area contributed by atoms with Gasteiger partial charge >= 0.3 is 0 Å². The first kappa shape index (κ1) is 16.4. The molecule has 6 rings (SSSR count). The molecule has 0 radical (unpaired) electrons. The Morgan fingerprint density at radius 2 is 1.88 bits per heavy atom. The molecule has 2 aliphatic heterocycles. The summed E-state index contributed by atoms with van der Waals surface area (Å²) in [4.78, 5) is 13.3. The summed E-state index contributed by atoms with van der Waals surface area (Å²) in [7, 11) is 0. The lowest BCUT2D eigenvalue weighted by atomic mass is 9.36. The van der Waals surface area contributed by atoms with Crippen molar-refractivity contribution >= 4 is 5.78 Å². The molecule has 2 unspecified atom stereocenters. The summed E-state index contributed by atoms with van der Waals surface area (Å²) in [6.45, 7) is 8.58. The molecular weight excluding hydrogens is 320 g/mol. The molecule has 6 fully saturated rings. The number of carbonyl (C=O) groups is 1. The molecule has 4 bridgehead atoms. The minimum absolute atomic E-state index is 0.131. The van der Waals surface area contributed by atoms with Crippen molar-refractivity contribution < 1.29 is 24.9 Å². The van der Waals surface area contributed by atoms with Gasteiger partial charge in [0.25, 0.3) is 0 Å². The lowest BCUT2D eigenvalue weighted by Crippen LogP contribution is -2.83. The predicted octanol–water partition coefficient (Wildman–Crippen LogP) is 1.40. The minimum Gasteiger partial charge on any atom is -0.391 e. The highest BCUT2D eigenvalue weighted by Crippen LogP contribution is 2.76. The van der Waals surface area contributed by atoms with Crippen molar-refractivity contribution in [3.63, 3.8) is 0 Å². The Hall–Kier alpha value is -0.750. The van der Waals surface area contributed by atoms with Crippen molar-refractivity contribution in [3.8, 4) is 0 Å². The van der Waals surface area contributed by atoms with Crippen LogP contribution in [0.4, 0.5) is 0 Å². The van der Waals surface area contributed by atoms with Gasteiger partial charge in [-0.1, -0.05) is 26.8 Å². The zero-order valence-corrected chi connectivity index (χ0v) is 15.0. The summed E-state index contributed by atoms with van der Waals surface area (Å²) in [6.07, 6.45) is 2.18. The van der Waals surface area contributed by atoms with Gasteiger partial charge < -0.3 is 20.1 Å². The molecule has 4 aliphatic carbocycles. The third-order valence-corrected chi connectivity index (χ3v) is 8.77. The smallest absolute Gasteiger partial charge is 0.208 e. The third kappa shape index (κ3) is 1.41. The van der Waals surface area contributed by atoms with E-state index >= 15 is 0 Å². The standard InChI is InChI=1S/C20H28O5/c1-10-11-5-6-12-18-8-4-7-17(2,3)13(18)16(23)20(24,25-9-18)19(12,14(10)21)15(11)22/h11-13,15-16,22-24H,1,4-9H2,2-3H3/t11-,12-,13?,15?,16-,18+,19-,20+/m0/s1. The van der Waals surface area contributed by atoms with Gasteiger partial charge in [0, 0.05) is 17.3 Å². The number of Topliss-reactive ketones (excluding diaryl/α,β-unsaturated/α-hetero) is 1. The summed E-state index contributed by atoms with van der Waals surface area (Å²) in [6, 6.07) is 0. The van der Waals surface area contributed by atoms with Crippen LogP contribution < -0.4 is 0 Å². The Morgan fingerprint density at radius 3 is 2.60 bits per heavy atom. The molecule has 0 aromatic carbocycles. The van der Waals surface area contributed by atoms with Crippen LogP contribution in [-0.2, 0) is 9.53 Å². The van der Waals surface area contributed by atoms with E-state index in [4.69, 9.17) is 4.74 Å². The lowest BCUT2D eigenvalue weighted by Gasteiger charge is -2.73. The van der Waals surface area contributed by atoms with Crippen LogP contribution in [0.15, 0.2) is 12.2 Å². The van der Waals surface area contributed by atoms with Gasteiger partial charge in [-0.2, -0.15) is 0 Å². The molecule has 2 spiro atoms. The normalized spacial score (nSPS) is 58.8. The van der Waals surface area contributed by atoms with E-state index in [-0.39, 0.29) is 34.4 Å². The fourth-order valence-corrected chi connectivity index (χ4v) is 7.99. The molecule has 0 aromatic rings. The topological polar surface area (TPSA) is 87.0 Å². The second-order valence-electron chi connectivity index (χ2n) is 9.89. The number of rotatable bonds is 0. The molecule has 5 heteroatoms. The first-order valence-corrected chi connectivity index (χ1v) is 9.61. The van der Waals surface area contributed by atoms with E-state index in [2.05, 4.69) is 20.4 Å². The van der Waals surface area contributed by atoms with E-state index in [0.717, 1.165) is 32.1 Å². The zero-order chi connectivity index (χ0) is 18.0. The van der Waals surface area contributed by atoms with E-state index < -0.39 is 23.4 Å². The van der Waals surface area contributed by atoms with Crippen molar-refractivity contribution in [3.05, 3.63) is 12.2 Å². The molecule has 2 saturated heterocycles. The van der Waals surface area contributed by atoms with Gasteiger partial charge in [0.2, 0.25) is 5.79 Å². The zero-order valence-electron chi connectivity index (χ0n) is 15.0. The third-order valence-electron chi connectivity index (χ3n) is 8.77. The van der Waals surface area contributed by atoms with Gasteiger partial charge in [-0.15, -0.1) is 0 Å². The average Bonchev–Trinajstić information content (AvgIpc) is 2.66. The highest BCUT2D eigenvalue weighted by Gasteiger charge is 2.85. The lowest BCUT2D eigenvalue weighted by molar-refractivity contribution is -0.448. The Labute approximate surface area is 148 Å². The van der Waals surface area contributed by atoms with Crippen LogP contribution in [0, 0.1) is 34.0 Å². The second-order valence-corrected chi connectivity index (χ2v) is 9.89. The summed E-state index contributed by atoms with van der Waals surface area (Å²) >= 11 is 0. The first-order chi connectivity index (χ1) is 11.6. The van der Waals surface area contributed by atoms with Crippen molar-refractivity contribution in [2.24, 2.45) is 34.0 Å². The number of carbonyl (C=O) groups excluding carboxylic acids is 1. The number of aliphatic hydroxyl groups is 3. The largest absolute Gasteiger partial charge is 0.391 e. The average molecular weight is 348 g/mol. The molecular formula is C20H28O5. The second kappa shape index (κ2) is 4.38. The monoisotopic (exact) mass is 348 g/mol. The molecule has 0 aromatic heterocycles. The molecule has 0 amide bonds. The Balaban J connectivity index is 1.79. The summed E-state index contributed by atoms with van der Waals surface area (Å²) in [5.41, 5.74) is -1.56. The summed E-state index contributed by atoms with van der Waals surface area (Å²) < 4.78 is 5.89. The molecule has 4 saturated carbocycles. The molecule has 5 nitrogen and oxygen atoms in total. The van der Waals surface area contributed by atoms with Gasteiger partial charge in [-0.3, -0.25) is 4.79 Å². The van der Waals surface area contributed by atoms with Crippen LogP contribution in [0.2, 0.25) is 0 Å². The van der Waals surface area contributed by atoms with Crippen LogP contribution in [0.1, 0.15) is 46.0 Å². The summed E-state index contributed by atoms with van der Waals surface area (Å²) in [5, 5.41) is 34.0. The van der Waals surface area contributed by atoms with Gasteiger partial charge in [0.1, 0.15) is 11.5 Å². The van der Waals surface area contributed by atoms with Crippen LogP contribution in [-0.4, -0.2) is 45.7 Å². The molecule has 6 aliphatic rings. The molecule has 3 N–H and O–H groups in total. The van der Waals surface area contributed by atoms with Crippen molar-refractivity contribution in [2.45, 2.75) is 63.9 Å². The van der Waals surface area contributed by atoms with E-state index in [1.165, 1.54) is 0 Å². The SMILES string of the molecule is C=C1C(=O)[C@]23C(O)[C@H]1CC[C@H]2[C@]12CCCC(C)(C)C1[C@H](O)[C@@]3(O)OC2. The van der Waals surface area contributed by atoms with Crippen LogP contribution in [0.5, 0.6) is 0 Å². The maximum atomic E-state index is 13.3.